The molecule has 1 aliphatic rings. The van der Waals surface area contributed by atoms with Gasteiger partial charge in [0.2, 0.25) is 5.91 Å². The maximum atomic E-state index is 12.6. The smallest absolute Gasteiger partial charge is 0.239 e. The minimum absolute atomic E-state index is 0.0262. The molecule has 0 N–H and O–H groups in total. The van der Waals surface area contributed by atoms with E-state index in [4.69, 9.17) is 0 Å². The van der Waals surface area contributed by atoms with Crippen molar-refractivity contribution in [3.63, 3.8) is 0 Å². The molecule has 1 saturated heterocycles. The second-order valence-corrected chi connectivity index (χ2v) is 8.81. The summed E-state index contributed by atoms with van der Waals surface area (Å²) in [7, 11) is 0.651. The third kappa shape index (κ3) is 4.54. The highest BCUT2D eigenvalue weighted by molar-refractivity contribution is 7.91. The van der Waals surface area contributed by atoms with Gasteiger partial charge in [0.05, 0.1) is 17.5 Å². The molecule has 1 aromatic rings. The number of hydrogen-bond donors (Lipinski definition) is 0. The molecule has 1 aromatic carbocycles. The maximum Gasteiger partial charge on any atom is 0.239 e. The molecule has 2 rings (SSSR count). The van der Waals surface area contributed by atoms with Crippen LogP contribution in [0.2, 0.25) is 0 Å². The lowest BCUT2D eigenvalue weighted by Crippen LogP contribution is -2.48. The lowest BCUT2D eigenvalue weighted by molar-refractivity contribution is -0.136. The van der Waals surface area contributed by atoms with Crippen molar-refractivity contribution in [3.8, 4) is 0 Å². The van der Waals surface area contributed by atoms with Crippen LogP contribution in [0, 0.1) is 6.92 Å². The first-order chi connectivity index (χ1) is 10.7. The summed E-state index contributed by atoms with van der Waals surface area (Å²) in [6.07, 6.45) is 0.541. The minimum atomic E-state index is -2.98. The van der Waals surface area contributed by atoms with Crippen LogP contribution >= 0.6 is 0 Å². The highest BCUT2D eigenvalue weighted by Gasteiger charge is 2.34. The zero-order valence-electron chi connectivity index (χ0n) is 14.3. The fourth-order valence-corrected chi connectivity index (χ4v) is 4.64. The highest BCUT2D eigenvalue weighted by atomic mass is 32.2. The SMILES string of the molecule is Cc1ccc(CN(C)[C@@H](C)C(=O)N(C)[C@H]2CCS(=O)(=O)C2)cc1. The topological polar surface area (TPSA) is 57.7 Å². The van der Waals surface area contributed by atoms with Crippen LogP contribution in [-0.4, -0.2) is 61.8 Å². The van der Waals surface area contributed by atoms with E-state index in [9.17, 15) is 13.2 Å². The van der Waals surface area contributed by atoms with Crippen LogP contribution in [0.5, 0.6) is 0 Å². The Hall–Kier alpha value is -1.40. The van der Waals surface area contributed by atoms with Crippen molar-refractivity contribution >= 4 is 15.7 Å². The summed E-state index contributed by atoms with van der Waals surface area (Å²) in [5.74, 6) is 0.244. The quantitative estimate of drug-likeness (QED) is 0.816. The second kappa shape index (κ2) is 7.01. The summed E-state index contributed by atoms with van der Waals surface area (Å²) < 4.78 is 23.2. The van der Waals surface area contributed by atoms with Gasteiger partial charge in [-0.05, 0) is 32.9 Å². The van der Waals surface area contributed by atoms with Crippen molar-refractivity contribution in [2.24, 2.45) is 0 Å². The van der Waals surface area contributed by atoms with E-state index < -0.39 is 9.84 Å². The third-order valence-electron chi connectivity index (χ3n) is 4.67. The molecule has 2 atom stereocenters. The molecule has 0 unspecified atom stereocenters. The summed E-state index contributed by atoms with van der Waals surface area (Å²) in [5, 5.41) is 0. The molecule has 0 saturated carbocycles. The molecule has 0 spiro atoms. The second-order valence-electron chi connectivity index (χ2n) is 6.58. The summed E-state index contributed by atoms with van der Waals surface area (Å²) in [5.41, 5.74) is 2.37. The summed E-state index contributed by atoms with van der Waals surface area (Å²) in [6.45, 7) is 4.60. The zero-order chi connectivity index (χ0) is 17.2. The first kappa shape index (κ1) is 17.9. The zero-order valence-corrected chi connectivity index (χ0v) is 15.1. The Morgan fingerprint density at radius 2 is 1.87 bits per heavy atom. The third-order valence-corrected chi connectivity index (χ3v) is 6.43. The maximum absolute atomic E-state index is 12.6. The Morgan fingerprint density at radius 3 is 2.39 bits per heavy atom. The molecule has 0 bridgehead atoms. The first-order valence-corrected chi connectivity index (χ1v) is 9.74. The molecule has 0 aliphatic carbocycles. The number of sulfone groups is 1. The minimum Gasteiger partial charge on any atom is -0.340 e. The molecular weight excluding hydrogens is 312 g/mol. The Kier molecular flexibility index (Phi) is 5.47. The number of hydrogen-bond acceptors (Lipinski definition) is 4. The van der Waals surface area contributed by atoms with Crippen molar-refractivity contribution in [2.45, 2.75) is 38.9 Å². The van der Waals surface area contributed by atoms with E-state index in [1.54, 1.807) is 11.9 Å². The van der Waals surface area contributed by atoms with Gasteiger partial charge in [0.15, 0.2) is 9.84 Å². The monoisotopic (exact) mass is 338 g/mol. The Bertz CT molecular complexity index is 655. The largest absolute Gasteiger partial charge is 0.340 e. The molecular formula is C17H26N2O3S. The van der Waals surface area contributed by atoms with E-state index in [1.165, 1.54) is 5.56 Å². The van der Waals surface area contributed by atoms with Crippen LogP contribution in [0.4, 0.5) is 0 Å². The lowest BCUT2D eigenvalue weighted by atomic mass is 10.1. The number of rotatable bonds is 5. The molecule has 1 amide bonds. The van der Waals surface area contributed by atoms with Crippen LogP contribution in [0.25, 0.3) is 0 Å². The van der Waals surface area contributed by atoms with Crippen LogP contribution in [0.3, 0.4) is 0 Å². The predicted octanol–water partition coefficient (Wildman–Crippen LogP) is 1.46. The Morgan fingerprint density at radius 1 is 1.26 bits per heavy atom. The number of carbonyl (C=O) groups is 1. The standard InChI is InChI=1S/C17H26N2O3S/c1-13-5-7-15(8-6-13)11-18(3)14(2)17(20)19(4)16-9-10-23(21,22)12-16/h5-8,14,16H,9-12H2,1-4H3/t14-,16-/m0/s1. The van der Waals surface area contributed by atoms with Crippen molar-refractivity contribution in [1.29, 1.82) is 0 Å². The summed E-state index contributed by atoms with van der Waals surface area (Å²) >= 11 is 0. The van der Waals surface area contributed by atoms with E-state index >= 15 is 0 Å². The molecule has 23 heavy (non-hydrogen) atoms. The number of nitrogens with zero attached hydrogens (tertiary/aromatic N) is 2. The fourth-order valence-electron chi connectivity index (χ4n) is 2.86. The van der Waals surface area contributed by atoms with E-state index in [0.29, 0.717) is 13.0 Å². The summed E-state index contributed by atoms with van der Waals surface area (Å²) in [4.78, 5) is 16.2. The number of carbonyl (C=O) groups excluding carboxylic acids is 1. The average molecular weight is 338 g/mol. The molecule has 128 valence electrons. The molecule has 1 fully saturated rings. The van der Waals surface area contributed by atoms with Crippen LogP contribution in [0.1, 0.15) is 24.5 Å². The number of amides is 1. The van der Waals surface area contributed by atoms with Gasteiger partial charge in [-0.1, -0.05) is 29.8 Å². The van der Waals surface area contributed by atoms with Gasteiger partial charge in [0.1, 0.15) is 0 Å². The first-order valence-electron chi connectivity index (χ1n) is 7.92. The molecule has 0 radical (unpaired) electrons. The lowest BCUT2D eigenvalue weighted by Gasteiger charge is -2.31. The molecule has 6 heteroatoms. The van der Waals surface area contributed by atoms with Gasteiger partial charge in [0.25, 0.3) is 0 Å². The molecule has 0 aromatic heterocycles. The van der Waals surface area contributed by atoms with Gasteiger partial charge in [-0.3, -0.25) is 9.69 Å². The highest BCUT2D eigenvalue weighted by Crippen LogP contribution is 2.18. The van der Waals surface area contributed by atoms with Gasteiger partial charge < -0.3 is 4.90 Å². The van der Waals surface area contributed by atoms with Crippen LogP contribution in [0.15, 0.2) is 24.3 Å². The Labute approximate surface area is 139 Å². The number of aryl methyl sites for hydroxylation is 1. The van der Waals surface area contributed by atoms with E-state index in [0.717, 1.165) is 5.56 Å². The van der Waals surface area contributed by atoms with Crippen molar-refractivity contribution in [1.82, 2.24) is 9.80 Å². The van der Waals surface area contributed by atoms with E-state index in [1.807, 2.05) is 25.8 Å². The number of likely N-dealkylation sites (N-methyl/N-ethyl adjacent to an activating group) is 2. The Balaban J connectivity index is 1.96. The van der Waals surface area contributed by atoms with Crippen molar-refractivity contribution in [3.05, 3.63) is 35.4 Å². The fraction of sp³-hybridized carbons (Fsp3) is 0.588. The van der Waals surface area contributed by atoms with Gasteiger partial charge in [0, 0.05) is 19.6 Å². The average Bonchev–Trinajstić information content (AvgIpc) is 2.87. The van der Waals surface area contributed by atoms with Crippen molar-refractivity contribution in [2.75, 3.05) is 25.6 Å². The summed E-state index contributed by atoms with van der Waals surface area (Å²) in [6, 6.07) is 7.77. The van der Waals surface area contributed by atoms with E-state index in [2.05, 4.69) is 24.3 Å². The molecule has 1 aliphatic heterocycles. The normalized spacial score (nSPS) is 21.3. The van der Waals surface area contributed by atoms with Crippen LogP contribution in [-0.2, 0) is 21.2 Å². The van der Waals surface area contributed by atoms with Gasteiger partial charge >= 0.3 is 0 Å². The van der Waals surface area contributed by atoms with Crippen molar-refractivity contribution < 1.29 is 13.2 Å². The van der Waals surface area contributed by atoms with Crippen LogP contribution < -0.4 is 0 Å². The molecule has 1 heterocycles. The predicted molar refractivity (Wildman–Crippen MR) is 91.9 cm³/mol. The van der Waals surface area contributed by atoms with E-state index in [-0.39, 0.29) is 29.5 Å². The van der Waals surface area contributed by atoms with Gasteiger partial charge in [-0.25, -0.2) is 8.42 Å². The molecule has 5 nitrogen and oxygen atoms in total. The van der Waals surface area contributed by atoms with Gasteiger partial charge in [-0.2, -0.15) is 0 Å². The number of benzene rings is 1. The van der Waals surface area contributed by atoms with Gasteiger partial charge in [-0.15, -0.1) is 0 Å².